The molecule has 0 spiro atoms. The molecule has 3 heteroatoms. The molecule has 0 saturated carbocycles. The molecule has 12 heavy (non-hydrogen) atoms. The van der Waals surface area contributed by atoms with Gasteiger partial charge in [-0.15, -0.1) is 0 Å². The summed E-state index contributed by atoms with van der Waals surface area (Å²) in [6, 6.07) is 0. The van der Waals surface area contributed by atoms with Gasteiger partial charge in [0.25, 0.3) is 0 Å². The molecular formula is C9H17FO2. The van der Waals surface area contributed by atoms with Gasteiger partial charge >= 0.3 is 5.97 Å². The smallest absolute Gasteiger partial charge is 0.341 e. The summed E-state index contributed by atoms with van der Waals surface area (Å²) >= 11 is 0. The Bertz CT molecular complexity index is 171. The van der Waals surface area contributed by atoms with Gasteiger partial charge in [-0.25, -0.2) is 9.18 Å². The van der Waals surface area contributed by atoms with Gasteiger partial charge in [-0.05, 0) is 19.8 Å². The molecule has 0 saturated heterocycles. The number of halogens is 1. The minimum atomic E-state index is -2.13. The number of aliphatic carboxylic acids is 1. The van der Waals surface area contributed by atoms with Crippen LogP contribution in [0, 0.1) is 5.41 Å². The zero-order valence-corrected chi connectivity index (χ0v) is 8.15. The summed E-state index contributed by atoms with van der Waals surface area (Å²) in [6.07, 6.45) is 1.06. The van der Waals surface area contributed by atoms with Crippen molar-refractivity contribution >= 4 is 5.97 Å². The van der Waals surface area contributed by atoms with Crippen molar-refractivity contribution in [2.24, 2.45) is 5.41 Å². The standard InChI is InChI=1S/C9H17FO2/c1-5-8(3,6-2)9(4,10)7(11)12/h5-6H2,1-4H3,(H,11,12). The summed E-state index contributed by atoms with van der Waals surface area (Å²) in [6.45, 7) is 6.43. The molecule has 0 radical (unpaired) electrons. The van der Waals surface area contributed by atoms with Gasteiger partial charge in [0.15, 0.2) is 0 Å². The van der Waals surface area contributed by atoms with Crippen LogP contribution in [0.4, 0.5) is 4.39 Å². The van der Waals surface area contributed by atoms with E-state index in [0.717, 1.165) is 6.92 Å². The van der Waals surface area contributed by atoms with Crippen LogP contribution in [0.25, 0.3) is 0 Å². The SMILES string of the molecule is CCC(C)(CC)C(C)(F)C(=O)O. The monoisotopic (exact) mass is 176 g/mol. The molecular weight excluding hydrogens is 159 g/mol. The maximum atomic E-state index is 13.7. The number of carboxylic acids is 1. The molecule has 1 N–H and O–H groups in total. The Morgan fingerprint density at radius 2 is 1.67 bits per heavy atom. The third kappa shape index (κ3) is 1.59. The summed E-state index contributed by atoms with van der Waals surface area (Å²) in [5, 5.41) is 8.66. The second-order valence-corrected chi connectivity index (χ2v) is 3.58. The van der Waals surface area contributed by atoms with Crippen molar-refractivity contribution in [3.63, 3.8) is 0 Å². The van der Waals surface area contributed by atoms with Gasteiger partial charge in [-0.1, -0.05) is 20.8 Å². The summed E-state index contributed by atoms with van der Waals surface area (Å²) in [5.41, 5.74) is -2.89. The lowest BCUT2D eigenvalue weighted by molar-refractivity contribution is -0.159. The molecule has 0 aliphatic rings. The first-order chi connectivity index (χ1) is 5.31. The van der Waals surface area contributed by atoms with Crippen LogP contribution < -0.4 is 0 Å². The zero-order valence-electron chi connectivity index (χ0n) is 8.15. The molecule has 0 amide bonds. The summed E-state index contributed by atoms with van der Waals surface area (Å²) in [7, 11) is 0. The Hall–Kier alpha value is -0.600. The molecule has 0 aliphatic carbocycles. The van der Waals surface area contributed by atoms with E-state index < -0.39 is 17.1 Å². The molecule has 0 aromatic rings. The first-order valence-corrected chi connectivity index (χ1v) is 4.24. The lowest BCUT2D eigenvalue weighted by Crippen LogP contribution is -2.46. The van der Waals surface area contributed by atoms with Crippen LogP contribution in [-0.2, 0) is 4.79 Å². The number of carboxylic acid groups (broad SMARTS) is 1. The predicted molar refractivity (Wildman–Crippen MR) is 45.8 cm³/mol. The highest BCUT2D eigenvalue weighted by Gasteiger charge is 2.48. The molecule has 1 unspecified atom stereocenters. The van der Waals surface area contributed by atoms with Gasteiger partial charge in [-0.2, -0.15) is 0 Å². The average Bonchev–Trinajstić information content (AvgIpc) is 2.02. The zero-order chi connectivity index (χ0) is 9.99. The van der Waals surface area contributed by atoms with Crippen molar-refractivity contribution < 1.29 is 14.3 Å². The van der Waals surface area contributed by atoms with Crippen molar-refractivity contribution in [2.45, 2.75) is 46.2 Å². The molecule has 0 aromatic carbocycles. The lowest BCUT2D eigenvalue weighted by atomic mass is 9.71. The number of alkyl halides is 1. The number of rotatable bonds is 4. The second kappa shape index (κ2) is 3.42. The average molecular weight is 176 g/mol. The summed E-state index contributed by atoms with van der Waals surface area (Å²) in [5.74, 6) is -1.37. The number of carbonyl (C=O) groups is 1. The summed E-state index contributed by atoms with van der Waals surface area (Å²) < 4.78 is 13.7. The van der Waals surface area contributed by atoms with Crippen LogP contribution in [0.2, 0.25) is 0 Å². The van der Waals surface area contributed by atoms with Crippen LogP contribution in [0.1, 0.15) is 40.5 Å². The van der Waals surface area contributed by atoms with E-state index in [0.29, 0.717) is 12.8 Å². The molecule has 0 bridgehead atoms. The highest BCUT2D eigenvalue weighted by Crippen LogP contribution is 2.40. The second-order valence-electron chi connectivity index (χ2n) is 3.58. The first-order valence-electron chi connectivity index (χ1n) is 4.24. The Kier molecular flexibility index (Phi) is 3.25. The first kappa shape index (κ1) is 11.4. The maximum Gasteiger partial charge on any atom is 0.341 e. The Morgan fingerprint density at radius 3 is 1.75 bits per heavy atom. The van der Waals surface area contributed by atoms with E-state index in [2.05, 4.69) is 0 Å². The van der Waals surface area contributed by atoms with Gasteiger partial charge in [0.05, 0.1) is 0 Å². The fraction of sp³-hybridized carbons (Fsp3) is 0.889. The van der Waals surface area contributed by atoms with E-state index >= 15 is 0 Å². The quantitative estimate of drug-likeness (QED) is 0.715. The Morgan fingerprint density at radius 1 is 1.33 bits per heavy atom. The molecule has 0 heterocycles. The highest BCUT2D eigenvalue weighted by molar-refractivity contribution is 5.77. The van der Waals surface area contributed by atoms with Gasteiger partial charge in [0.1, 0.15) is 0 Å². The largest absolute Gasteiger partial charge is 0.479 e. The summed E-state index contributed by atoms with van der Waals surface area (Å²) in [4.78, 5) is 10.6. The van der Waals surface area contributed by atoms with Crippen LogP contribution in [-0.4, -0.2) is 16.7 Å². The topological polar surface area (TPSA) is 37.3 Å². The predicted octanol–water partition coefficient (Wildman–Crippen LogP) is 2.63. The van der Waals surface area contributed by atoms with E-state index in [1.807, 2.05) is 13.8 Å². The minimum absolute atomic E-state index is 0.531. The number of hydrogen-bond donors (Lipinski definition) is 1. The van der Waals surface area contributed by atoms with Gasteiger partial charge in [0, 0.05) is 5.41 Å². The van der Waals surface area contributed by atoms with Crippen LogP contribution in [0.5, 0.6) is 0 Å². The van der Waals surface area contributed by atoms with Crippen molar-refractivity contribution in [3.8, 4) is 0 Å². The van der Waals surface area contributed by atoms with E-state index in [1.54, 1.807) is 6.92 Å². The molecule has 0 aromatic heterocycles. The molecule has 72 valence electrons. The molecule has 2 nitrogen and oxygen atoms in total. The fourth-order valence-electron chi connectivity index (χ4n) is 1.17. The third-order valence-corrected chi connectivity index (χ3v) is 3.10. The number of hydrogen-bond acceptors (Lipinski definition) is 1. The molecule has 0 aliphatic heterocycles. The lowest BCUT2D eigenvalue weighted by Gasteiger charge is -2.36. The van der Waals surface area contributed by atoms with E-state index in [-0.39, 0.29) is 0 Å². The van der Waals surface area contributed by atoms with Crippen LogP contribution in [0.3, 0.4) is 0 Å². The Balaban J connectivity index is 4.83. The van der Waals surface area contributed by atoms with Crippen molar-refractivity contribution in [2.75, 3.05) is 0 Å². The third-order valence-electron chi connectivity index (χ3n) is 3.10. The highest BCUT2D eigenvalue weighted by atomic mass is 19.1. The van der Waals surface area contributed by atoms with E-state index in [9.17, 15) is 9.18 Å². The van der Waals surface area contributed by atoms with Crippen molar-refractivity contribution in [3.05, 3.63) is 0 Å². The minimum Gasteiger partial charge on any atom is -0.479 e. The van der Waals surface area contributed by atoms with Crippen LogP contribution >= 0.6 is 0 Å². The van der Waals surface area contributed by atoms with Gasteiger partial charge in [-0.3, -0.25) is 0 Å². The van der Waals surface area contributed by atoms with Crippen molar-refractivity contribution in [1.82, 2.24) is 0 Å². The van der Waals surface area contributed by atoms with Gasteiger partial charge in [0.2, 0.25) is 5.67 Å². The molecule has 0 rings (SSSR count). The van der Waals surface area contributed by atoms with E-state index in [4.69, 9.17) is 5.11 Å². The van der Waals surface area contributed by atoms with Gasteiger partial charge < -0.3 is 5.11 Å². The molecule has 0 fully saturated rings. The Labute approximate surface area is 72.8 Å². The van der Waals surface area contributed by atoms with E-state index in [1.165, 1.54) is 0 Å². The maximum absolute atomic E-state index is 13.7. The molecule has 1 atom stereocenters. The normalized spacial score (nSPS) is 17.1. The fourth-order valence-corrected chi connectivity index (χ4v) is 1.17. The van der Waals surface area contributed by atoms with Crippen molar-refractivity contribution in [1.29, 1.82) is 0 Å². The van der Waals surface area contributed by atoms with Crippen LogP contribution in [0.15, 0.2) is 0 Å².